The highest BCUT2D eigenvalue weighted by Crippen LogP contribution is 2.31. The van der Waals surface area contributed by atoms with Crippen LogP contribution in [0.1, 0.15) is 218 Å². The van der Waals surface area contributed by atoms with E-state index in [2.05, 4.69) is 108 Å². The number of carbonyl (C=O) groups is 12. The first-order valence-corrected chi connectivity index (χ1v) is 33.0. The minimum atomic E-state index is -0.525. The summed E-state index contributed by atoms with van der Waals surface area (Å²) < 4.78 is 4.94. The molecule has 8 aliphatic rings. The maximum absolute atomic E-state index is 12.2. The standard InChI is InChI=1S/4C13H12N2O3.C7H12.C6H14.C5H13N.C5H12O/c4*16-11-6-5-10(12(17)14-11)15-7-8-3-1-2-4-9(8)13(15)18;1-5-6-7(2,3)4;1-5-6(2,3)4;2*1-5(2,3)6-4/h4*1-4,10H,5-7H2,(H,14,16,17);1-4H3;5H2,1-4H3;6H,1-4H3;1-4H3. The molecule has 8 aliphatic heterocycles. The Labute approximate surface area is 571 Å². The number of fused-ring (bicyclic) bond motifs is 4. The number of carbonyl (C=O) groups excluding carboxylic acids is 12. The molecule has 8 heterocycles. The van der Waals surface area contributed by atoms with Crippen LogP contribution in [0.4, 0.5) is 0 Å². The van der Waals surface area contributed by atoms with E-state index >= 15 is 0 Å². The summed E-state index contributed by atoms with van der Waals surface area (Å²) in [5, 5.41) is 12.2. The Morgan fingerprint density at radius 3 is 0.763 bits per heavy atom. The highest BCUT2D eigenvalue weighted by molar-refractivity contribution is 6.08. The van der Waals surface area contributed by atoms with E-state index in [-0.39, 0.29) is 108 Å². The molecule has 0 bridgehead atoms. The zero-order valence-corrected chi connectivity index (χ0v) is 59.3. The van der Waals surface area contributed by atoms with Gasteiger partial charge in [0.2, 0.25) is 47.3 Å². The fourth-order valence-electron chi connectivity index (χ4n) is 10.4. The fourth-order valence-corrected chi connectivity index (χ4v) is 10.4. The monoisotopic (exact) mass is 1330 g/mol. The number of piperidine rings is 4. The second kappa shape index (κ2) is 34.6. The second-order valence-corrected chi connectivity index (χ2v) is 28.6. The van der Waals surface area contributed by atoms with Crippen LogP contribution in [0.2, 0.25) is 0 Å². The molecule has 0 radical (unpaired) electrons. The normalized spacial score (nSPS) is 20.0. The van der Waals surface area contributed by atoms with E-state index in [9.17, 15) is 57.5 Å². The zero-order valence-electron chi connectivity index (χ0n) is 59.3. The van der Waals surface area contributed by atoms with Crippen LogP contribution < -0.4 is 26.6 Å². The quantitative estimate of drug-likeness (QED) is 0.0944. The number of benzene rings is 4. The van der Waals surface area contributed by atoms with E-state index in [4.69, 9.17) is 4.74 Å². The third-order valence-corrected chi connectivity index (χ3v) is 16.7. The first-order valence-electron chi connectivity index (χ1n) is 33.0. The lowest BCUT2D eigenvalue weighted by molar-refractivity contribution is -0.138. The van der Waals surface area contributed by atoms with Crippen LogP contribution >= 0.6 is 0 Å². The third kappa shape index (κ3) is 23.3. The van der Waals surface area contributed by atoms with Gasteiger partial charge in [-0.3, -0.25) is 78.8 Å². The van der Waals surface area contributed by atoms with Gasteiger partial charge in [0, 0.05) is 92.2 Å². The summed E-state index contributed by atoms with van der Waals surface area (Å²) in [6, 6.07) is 27.3. The molecule has 22 nitrogen and oxygen atoms in total. The molecular weight excluding hydrogens is 1230 g/mol. The van der Waals surface area contributed by atoms with Gasteiger partial charge >= 0.3 is 0 Å². The molecule has 0 aromatic heterocycles. The lowest BCUT2D eigenvalue weighted by atomic mass is 9.94. The van der Waals surface area contributed by atoms with Crippen molar-refractivity contribution in [3.05, 3.63) is 142 Å². The molecule has 4 saturated heterocycles. The third-order valence-electron chi connectivity index (χ3n) is 16.7. The van der Waals surface area contributed by atoms with Crippen molar-refractivity contribution in [2.24, 2.45) is 10.8 Å². The van der Waals surface area contributed by atoms with E-state index in [0.717, 1.165) is 22.3 Å². The first kappa shape index (κ1) is 78.5. The minimum Gasteiger partial charge on any atom is -0.379 e. The molecule has 0 spiro atoms. The maximum Gasteiger partial charge on any atom is 0.255 e. The van der Waals surface area contributed by atoms with Crippen molar-refractivity contribution >= 4 is 70.9 Å². The number of ether oxygens (including phenoxy) is 1. The summed E-state index contributed by atoms with van der Waals surface area (Å²) in [6.45, 7) is 31.3. The number of nitrogens with one attached hydrogen (secondary N) is 5. The lowest BCUT2D eigenvalue weighted by Gasteiger charge is -2.29. The Bertz CT molecular complexity index is 3200. The molecule has 0 aliphatic carbocycles. The van der Waals surface area contributed by atoms with Gasteiger partial charge in [-0.15, -0.1) is 5.92 Å². The number of rotatable bonds is 4. The van der Waals surface area contributed by atoms with Gasteiger partial charge in [-0.1, -0.05) is 113 Å². The van der Waals surface area contributed by atoms with Crippen LogP contribution in [0.5, 0.6) is 0 Å². The van der Waals surface area contributed by atoms with Crippen molar-refractivity contribution < 1.29 is 62.3 Å². The van der Waals surface area contributed by atoms with Crippen LogP contribution in [0, 0.1) is 22.7 Å². The highest BCUT2D eigenvalue weighted by atomic mass is 16.5. The van der Waals surface area contributed by atoms with E-state index < -0.39 is 24.2 Å². The second-order valence-electron chi connectivity index (χ2n) is 28.6. The molecule has 522 valence electrons. The van der Waals surface area contributed by atoms with Gasteiger partial charge in [0.25, 0.3) is 23.6 Å². The molecule has 4 fully saturated rings. The van der Waals surface area contributed by atoms with Gasteiger partial charge in [0.1, 0.15) is 24.2 Å². The minimum absolute atomic E-state index is 0.0417. The SMILES string of the molecule is CC#CC(C)(C)C.CCC(C)(C)C.CNC(C)(C)C.COC(C)(C)C.O=C1CCC(N2Cc3ccccc3C2=O)C(=O)N1.O=C1CCC(N2Cc3ccccc3C2=O)C(=O)N1.O=C1CCC(N2Cc3ccccc3C2=O)C(=O)N1.O=C1CCC(N2Cc3ccccc3C2=O)C(=O)N1. The Morgan fingerprint density at radius 2 is 0.629 bits per heavy atom. The molecule has 12 amide bonds. The summed E-state index contributed by atoms with van der Waals surface area (Å²) in [6.07, 6.45) is 4.05. The molecule has 0 saturated carbocycles. The van der Waals surface area contributed by atoms with Gasteiger partial charge in [-0.25, -0.2) is 0 Å². The molecule has 5 N–H and O–H groups in total. The summed E-state index contributed by atoms with van der Waals surface area (Å²) in [7, 11) is 3.67. The fraction of sp³-hybridized carbons (Fsp3) is 0.493. The number of amides is 12. The molecule has 97 heavy (non-hydrogen) atoms. The zero-order chi connectivity index (χ0) is 72.3. The predicted molar refractivity (Wildman–Crippen MR) is 368 cm³/mol. The molecule has 4 aromatic rings. The van der Waals surface area contributed by atoms with Crippen molar-refractivity contribution in [2.75, 3.05) is 14.2 Å². The van der Waals surface area contributed by atoms with E-state index in [0.29, 0.717) is 85.1 Å². The molecule has 12 rings (SSSR count). The predicted octanol–water partition coefficient (Wildman–Crippen LogP) is 8.72. The van der Waals surface area contributed by atoms with Crippen LogP contribution in [0.15, 0.2) is 97.1 Å². The van der Waals surface area contributed by atoms with Gasteiger partial charge in [-0.2, -0.15) is 0 Å². The maximum atomic E-state index is 12.2. The lowest BCUT2D eigenvalue weighted by Crippen LogP contribution is -2.52. The average molecular weight is 1330 g/mol. The Kier molecular flexibility index (Phi) is 28.0. The van der Waals surface area contributed by atoms with Crippen LogP contribution in [-0.4, -0.2) is 140 Å². The Morgan fingerprint density at radius 1 is 0.423 bits per heavy atom. The number of hydrogen-bond donors (Lipinski definition) is 5. The van der Waals surface area contributed by atoms with Gasteiger partial charge in [0.05, 0.1) is 5.60 Å². The van der Waals surface area contributed by atoms with Gasteiger partial charge in [-0.05, 0) is 154 Å². The van der Waals surface area contributed by atoms with Crippen LogP contribution in [0.3, 0.4) is 0 Å². The van der Waals surface area contributed by atoms with Crippen molar-refractivity contribution in [2.45, 2.75) is 216 Å². The number of methoxy groups -OCH3 is 1. The van der Waals surface area contributed by atoms with Crippen molar-refractivity contribution in [3.63, 3.8) is 0 Å². The van der Waals surface area contributed by atoms with E-state index in [1.54, 1.807) is 51.0 Å². The molecule has 4 atom stereocenters. The summed E-state index contributed by atoms with van der Waals surface area (Å²) in [5.41, 5.74) is 7.43. The van der Waals surface area contributed by atoms with Crippen molar-refractivity contribution in [1.82, 2.24) is 46.2 Å². The largest absolute Gasteiger partial charge is 0.379 e. The topological polar surface area (TPSA) is 287 Å². The van der Waals surface area contributed by atoms with Crippen molar-refractivity contribution in [3.8, 4) is 11.8 Å². The van der Waals surface area contributed by atoms with E-state index in [1.165, 1.54) is 6.42 Å². The molecular formula is C75H99N9O13. The Hall–Kier alpha value is -9.20. The van der Waals surface area contributed by atoms with Gasteiger partial charge < -0.3 is 29.7 Å². The smallest absolute Gasteiger partial charge is 0.255 e. The number of nitrogens with zero attached hydrogens (tertiary/aromatic N) is 4. The Balaban J connectivity index is 0.000000209. The molecule has 4 aromatic carbocycles. The first-order chi connectivity index (χ1) is 45.4. The summed E-state index contributed by atoms with van der Waals surface area (Å²) >= 11 is 0. The van der Waals surface area contributed by atoms with Crippen molar-refractivity contribution in [1.29, 1.82) is 0 Å². The van der Waals surface area contributed by atoms with Crippen LogP contribution in [0.25, 0.3) is 0 Å². The number of imide groups is 4. The highest BCUT2D eigenvalue weighted by Gasteiger charge is 2.43. The molecule has 4 unspecified atom stereocenters. The number of hydrogen-bond acceptors (Lipinski definition) is 14. The summed E-state index contributed by atoms with van der Waals surface area (Å²) in [5.74, 6) is 2.87. The van der Waals surface area contributed by atoms with Gasteiger partial charge in [0.15, 0.2) is 0 Å². The average Bonchev–Trinajstić information content (AvgIpc) is 1.68. The van der Waals surface area contributed by atoms with Crippen LogP contribution in [-0.2, 0) is 69.3 Å². The van der Waals surface area contributed by atoms with E-state index in [1.807, 2.05) is 108 Å². The molecule has 22 heteroatoms. The summed E-state index contributed by atoms with van der Waals surface area (Å²) in [4.78, 5) is 146.